The first-order valence-corrected chi connectivity index (χ1v) is 9.39. The van der Waals surface area contributed by atoms with Gasteiger partial charge in [-0.3, -0.25) is 0 Å². The molecule has 17 heavy (non-hydrogen) atoms. The lowest BCUT2D eigenvalue weighted by molar-refractivity contribution is 0.173. The number of hydrogen-bond donors (Lipinski definition) is 2. The normalized spacial score (nSPS) is 12.0. The van der Waals surface area contributed by atoms with E-state index in [1.165, 1.54) is 0 Å². The highest BCUT2D eigenvalue weighted by atomic mass is 28.4. The molecular weight excluding hydrogens is 232 g/mol. The van der Waals surface area contributed by atoms with Crippen molar-refractivity contribution in [3.8, 4) is 0 Å². The Balaban J connectivity index is 3.82. The summed E-state index contributed by atoms with van der Waals surface area (Å²) in [4.78, 5) is 0. The minimum atomic E-state index is -1.95. The van der Waals surface area contributed by atoms with Crippen LogP contribution < -0.4 is 11.1 Å². The minimum absolute atomic E-state index is 0.750. The monoisotopic (exact) mass is 262 g/mol. The van der Waals surface area contributed by atoms with Crippen molar-refractivity contribution < 1.29 is 8.85 Å². The molecule has 0 bridgehead atoms. The molecule has 3 N–H and O–H groups in total. The van der Waals surface area contributed by atoms with Gasteiger partial charge < -0.3 is 19.9 Å². The largest absolute Gasteiger partial charge is 0.394 e. The maximum atomic E-state index is 5.94. The Morgan fingerprint density at radius 2 is 1.65 bits per heavy atom. The fourth-order valence-electron chi connectivity index (χ4n) is 1.49. The third kappa shape index (κ3) is 9.73. The molecule has 0 spiro atoms. The van der Waals surface area contributed by atoms with Crippen molar-refractivity contribution in [2.45, 2.75) is 45.7 Å². The molecule has 0 fully saturated rings. The standard InChI is InChI=1S/C12H30N2O2Si/c1-4-10-15-17(3,16-11-5-2)12-9-14-8-6-7-13/h14H,4-13H2,1-3H3. The Morgan fingerprint density at radius 3 is 2.12 bits per heavy atom. The maximum absolute atomic E-state index is 5.94. The highest BCUT2D eigenvalue weighted by Crippen LogP contribution is 2.13. The summed E-state index contributed by atoms with van der Waals surface area (Å²) in [5.74, 6) is 0. The zero-order valence-corrected chi connectivity index (χ0v) is 12.8. The quantitative estimate of drug-likeness (QED) is 0.416. The Bertz CT molecular complexity index is 163. The first-order chi connectivity index (χ1) is 8.18. The first kappa shape index (κ1) is 17.1. The van der Waals surface area contributed by atoms with Crippen LogP contribution in [-0.4, -0.2) is 41.4 Å². The zero-order valence-electron chi connectivity index (χ0n) is 11.8. The van der Waals surface area contributed by atoms with Crippen molar-refractivity contribution in [2.75, 3.05) is 32.8 Å². The summed E-state index contributed by atoms with van der Waals surface area (Å²) < 4.78 is 11.9. The van der Waals surface area contributed by atoms with E-state index in [4.69, 9.17) is 14.6 Å². The van der Waals surface area contributed by atoms with E-state index < -0.39 is 8.56 Å². The van der Waals surface area contributed by atoms with Crippen LogP contribution >= 0.6 is 0 Å². The van der Waals surface area contributed by atoms with Crippen LogP contribution in [0.2, 0.25) is 12.6 Å². The van der Waals surface area contributed by atoms with Crippen LogP contribution in [0.15, 0.2) is 0 Å². The van der Waals surface area contributed by atoms with Gasteiger partial charge in [0.15, 0.2) is 0 Å². The lowest BCUT2D eigenvalue weighted by atomic mass is 10.4. The third-order valence-corrected chi connectivity index (χ3v) is 5.32. The van der Waals surface area contributed by atoms with Gasteiger partial charge in [0.25, 0.3) is 0 Å². The number of nitrogens with two attached hydrogens (primary N) is 1. The van der Waals surface area contributed by atoms with E-state index in [0.29, 0.717) is 0 Å². The molecule has 0 aliphatic carbocycles. The average Bonchev–Trinajstić information content (AvgIpc) is 2.34. The molecule has 0 aromatic heterocycles. The van der Waals surface area contributed by atoms with Gasteiger partial charge in [-0.05, 0) is 45.4 Å². The molecular formula is C12H30N2O2Si. The molecule has 0 saturated carbocycles. The van der Waals surface area contributed by atoms with E-state index in [1.807, 2.05) is 0 Å². The Morgan fingerprint density at radius 1 is 1.06 bits per heavy atom. The molecule has 0 rings (SSSR count). The van der Waals surface area contributed by atoms with Gasteiger partial charge in [-0.2, -0.15) is 0 Å². The summed E-state index contributed by atoms with van der Waals surface area (Å²) >= 11 is 0. The van der Waals surface area contributed by atoms with Crippen molar-refractivity contribution >= 4 is 8.56 Å². The van der Waals surface area contributed by atoms with Crippen LogP contribution in [0, 0.1) is 0 Å². The first-order valence-electron chi connectivity index (χ1n) is 6.87. The summed E-state index contributed by atoms with van der Waals surface area (Å²) in [5, 5.41) is 3.39. The van der Waals surface area contributed by atoms with Gasteiger partial charge in [-0.15, -0.1) is 0 Å². The SMILES string of the molecule is CCCO[Si](C)(CCNCCCN)OCCC. The molecule has 0 radical (unpaired) electrons. The van der Waals surface area contributed by atoms with E-state index in [0.717, 1.165) is 58.2 Å². The summed E-state index contributed by atoms with van der Waals surface area (Å²) in [6, 6.07) is 1.01. The van der Waals surface area contributed by atoms with Crippen LogP contribution in [0.4, 0.5) is 0 Å². The highest BCUT2D eigenvalue weighted by molar-refractivity contribution is 6.66. The minimum Gasteiger partial charge on any atom is -0.394 e. The van der Waals surface area contributed by atoms with Gasteiger partial charge in [0.1, 0.15) is 0 Å². The predicted molar refractivity (Wildman–Crippen MR) is 75.5 cm³/mol. The second-order valence-corrected chi connectivity index (χ2v) is 7.82. The average molecular weight is 262 g/mol. The van der Waals surface area contributed by atoms with Crippen LogP contribution in [0.1, 0.15) is 33.1 Å². The molecule has 0 aliphatic heterocycles. The molecule has 5 heteroatoms. The number of rotatable bonds is 12. The van der Waals surface area contributed by atoms with Crippen LogP contribution in [-0.2, 0) is 8.85 Å². The molecule has 0 unspecified atom stereocenters. The van der Waals surface area contributed by atoms with Crippen LogP contribution in [0.5, 0.6) is 0 Å². The molecule has 0 aromatic carbocycles. The van der Waals surface area contributed by atoms with Crippen molar-refractivity contribution in [1.29, 1.82) is 0 Å². The second kappa shape index (κ2) is 11.2. The van der Waals surface area contributed by atoms with E-state index in [1.54, 1.807) is 0 Å². The molecule has 104 valence electrons. The fraction of sp³-hybridized carbons (Fsp3) is 1.00. The maximum Gasteiger partial charge on any atom is 0.336 e. The topological polar surface area (TPSA) is 56.5 Å². The Labute approximate surface area is 107 Å². The van der Waals surface area contributed by atoms with E-state index in [9.17, 15) is 0 Å². The van der Waals surface area contributed by atoms with Gasteiger partial charge >= 0.3 is 8.56 Å². The van der Waals surface area contributed by atoms with Crippen molar-refractivity contribution in [3.05, 3.63) is 0 Å². The third-order valence-electron chi connectivity index (χ3n) is 2.54. The van der Waals surface area contributed by atoms with Crippen molar-refractivity contribution in [3.63, 3.8) is 0 Å². The van der Waals surface area contributed by atoms with Crippen LogP contribution in [0.25, 0.3) is 0 Å². The Kier molecular flexibility index (Phi) is 11.2. The van der Waals surface area contributed by atoms with E-state index >= 15 is 0 Å². The van der Waals surface area contributed by atoms with Crippen molar-refractivity contribution in [1.82, 2.24) is 5.32 Å². The molecule has 4 nitrogen and oxygen atoms in total. The molecule has 0 aromatic rings. The van der Waals surface area contributed by atoms with Gasteiger partial charge in [0.2, 0.25) is 0 Å². The van der Waals surface area contributed by atoms with Gasteiger partial charge in [0, 0.05) is 19.3 Å². The van der Waals surface area contributed by atoms with Gasteiger partial charge in [0.05, 0.1) is 0 Å². The molecule has 0 amide bonds. The molecule has 0 heterocycles. The summed E-state index contributed by atoms with van der Waals surface area (Å²) in [6.45, 7) is 10.8. The molecule has 0 atom stereocenters. The second-order valence-electron chi connectivity index (χ2n) is 4.47. The number of hydrogen-bond acceptors (Lipinski definition) is 4. The summed E-state index contributed by atoms with van der Waals surface area (Å²) in [5.41, 5.74) is 5.45. The highest BCUT2D eigenvalue weighted by Gasteiger charge is 2.30. The fourth-order valence-corrected chi connectivity index (χ4v) is 3.76. The zero-order chi connectivity index (χ0) is 13.0. The van der Waals surface area contributed by atoms with Gasteiger partial charge in [-0.1, -0.05) is 13.8 Å². The molecule has 0 saturated heterocycles. The van der Waals surface area contributed by atoms with E-state index in [2.05, 4.69) is 25.7 Å². The Hall–Kier alpha value is 0.0569. The predicted octanol–water partition coefficient (Wildman–Crippen LogP) is 1.85. The van der Waals surface area contributed by atoms with Crippen LogP contribution in [0.3, 0.4) is 0 Å². The number of nitrogens with one attached hydrogen (secondary N) is 1. The molecule has 0 aliphatic rings. The smallest absolute Gasteiger partial charge is 0.336 e. The van der Waals surface area contributed by atoms with E-state index in [-0.39, 0.29) is 0 Å². The lowest BCUT2D eigenvalue weighted by Gasteiger charge is -2.27. The summed E-state index contributed by atoms with van der Waals surface area (Å²) in [7, 11) is -1.95. The van der Waals surface area contributed by atoms with Gasteiger partial charge in [-0.25, -0.2) is 0 Å². The van der Waals surface area contributed by atoms with Crippen molar-refractivity contribution in [2.24, 2.45) is 5.73 Å². The lowest BCUT2D eigenvalue weighted by Crippen LogP contribution is -2.42. The summed E-state index contributed by atoms with van der Waals surface area (Å²) in [6.07, 6.45) is 3.14.